The fourth-order valence-electron chi connectivity index (χ4n) is 2.73. The molecule has 0 N–H and O–H groups in total. The van der Waals surface area contributed by atoms with Gasteiger partial charge < -0.3 is 9.64 Å². The lowest BCUT2D eigenvalue weighted by molar-refractivity contribution is -0.128. The number of esters is 1. The van der Waals surface area contributed by atoms with Gasteiger partial charge in [-0.05, 0) is 36.2 Å². The zero-order chi connectivity index (χ0) is 17.8. The Hall–Kier alpha value is -2.04. The van der Waals surface area contributed by atoms with Gasteiger partial charge in [-0.2, -0.15) is 0 Å². The zero-order valence-electron chi connectivity index (χ0n) is 13.5. The van der Waals surface area contributed by atoms with Gasteiger partial charge in [0.25, 0.3) is 0 Å². The van der Waals surface area contributed by atoms with Crippen molar-refractivity contribution in [2.45, 2.75) is 26.0 Å². The Morgan fingerprint density at radius 2 is 1.76 bits per heavy atom. The number of ether oxygens (including phenoxy) is 1. The molecular weight excluding hydrogens is 361 g/mol. The molecule has 1 heterocycles. The monoisotopic (exact) mass is 377 g/mol. The molecule has 1 aliphatic rings. The second-order valence-electron chi connectivity index (χ2n) is 5.89. The second-order valence-corrected chi connectivity index (χ2v) is 6.71. The fraction of sp³-hybridized carbons (Fsp3) is 0.263. The summed E-state index contributed by atoms with van der Waals surface area (Å²) < 4.78 is 5.29. The van der Waals surface area contributed by atoms with Crippen molar-refractivity contribution in [2.75, 3.05) is 6.54 Å². The number of rotatable bonds is 5. The van der Waals surface area contributed by atoms with Crippen LogP contribution < -0.4 is 0 Å². The minimum Gasteiger partial charge on any atom is -0.457 e. The Kier molecular flexibility index (Phi) is 5.61. The van der Waals surface area contributed by atoms with E-state index in [4.69, 9.17) is 27.9 Å². The largest absolute Gasteiger partial charge is 0.457 e. The van der Waals surface area contributed by atoms with E-state index < -0.39 is 5.97 Å². The summed E-state index contributed by atoms with van der Waals surface area (Å²) in [6.45, 7) is 1.38. The summed E-state index contributed by atoms with van der Waals surface area (Å²) in [6, 6.07) is 12.2. The first kappa shape index (κ1) is 17.8. The molecule has 1 amide bonds. The maximum atomic E-state index is 12.2. The van der Waals surface area contributed by atoms with E-state index in [1.165, 1.54) is 0 Å². The van der Waals surface area contributed by atoms with Gasteiger partial charge in [-0.25, -0.2) is 4.79 Å². The molecule has 1 fully saturated rings. The Balaban J connectivity index is 1.60. The van der Waals surface area contributed by atoms with Crippen molar-refractivity contribution in [3.63, 3.8) is 0 Å². The van der Waals surface area contributed by atoms with Crippen LogP contribution in [0.5, 0.6) is 0 Å². The number of hydrogen-bond acceptors (Lipinski definition) is 3. The normalized spacial score (nSPS) is 14.0. The second kappa shape index (κ2) is 7.89. The van der Waals surface area contributed by atoms with Crippen LogP contribution in [0.4, 0.5) is 0 Å². The van der Waals surface area contributed by atoms with Crippen molar-refractivity contribution in [3.8, 4) is 0 Å². The lowest BCUT2D eigenvalue weighted by atomic mass is 10.1. The van der Waals surface area contributed by atoms with Crippen molar-refractivity contribution in [1.29, 1.82) is 0 Å². The van der Waals surface area contributed by atoms with E-state index in [2.05, 4.69) is 0 Å². The number of likely N-dealkylation sites (tertiary alicyclic amines) is 1. The van der Waals surface area contributed by atoms with Crippen molar-refractivity contribution in [3.05, 3.63) is 69.2 Å². The number of carbonyl (C=O) groups excluding carboxylic acids is 2. The third-order valence-corrected chi connectivity index (χ3v) is 4.85. The molecule has 2 aromatic rings. The van der Waals surface area contributed by atoms with Gasteiger partial charge in [0.2, 0.25) is 5.91 Å². The average Bonchev–Trinajstić information content (AvgIpc) is 3.00. The number of hydrogen-bond donors (Lipinski definition) is 0. The Morgan fingerprint density at radius 1 is 1.08 bits per heavy atom. The van der Waals surface area contributed by atoms with Gasteiger partial charge in [0.15, 0.2) is 0 Å². The van der Waals surface area contributed by atoms with Gasteiger partial charge in [0.05, 0.1) is 5.56 Å². The van der Waals surface area contributed by atoms with Gasteiger partial charge in [-0.3, -0.25) is 4.79 Å². The predicted octanol–water partition coefficient (Wildman–Crippen LogP) is 4.47. The number of halogens is 2. The van der Waals surface area contributed by atoms with Gasteiger partial charge in [-0.15, -0.1) is 0 Å². The summed E-state index contributed by atoms with van der Waals surface area (Å²) in [5, 5.41) is 0.928. The molecule has 3 rings (SSSR count). The Labute approximate surface area is 156 Å². The van der Waals surface area contributed by atoms with Crippen LogP contribution >= 0.6 is 23.2 Å². The van der Waals surface area contributed by atoms with Crippen molar-refractivity contribution in [2.24, 2.45) is 0 Å². The Bertz CT molecular complexity index is 770. The summed E-state index contributed by atoms with van der Waals surface area (Å²) in [5.74, 6) is -0.264. The number of carbonyl (C=O) groups is 2. The molecule has 0 unspecified atom stereocenters. The van der Waals surface area contributed by atoms with Crippen LogP contribution in [-0.4, -0.2) is 23.3 Å². The predicted molar refractivity (Wildman–Crippen MR) is 96.7 cm³/mol. The summed E-state index contributed by atoms with van der Waals surface area (Å²) in [7, 11) is 0. The van der Waals surface area contributed by atoms with E-state index in [-0.39, 0.29) is 12.5 Å². The van der Waals surface area contributed by atoms with Crippen LogP contribution in [0.1, 0.15) is 34.3 Å². The van der Waals surface area contributed by atoms with E-state index in [0.29, 0.717) is 34.1 Å². The summed E-state index contributed by atoms with van der Waals surface area (Å²) >= 11 is 12.1. The first-order chi connectivity index (χ1) is 12.0. The van der Waals surface area contributed by atoms with E-state index in [0.717, 1.165) is 18.5 Å². The van der Waals surface area contributed by atoms with E-state index in [1.807, 2.05) is 17.0 Å². The van der Waals surface area contributed by atoms with Crippen LogP contribution in [0.2, 0.25) is 10.0 Å². The lowest BCUT2D eigenvalue weighted by Gasteiger charge is -2.15. The fourth-order valence-corrected chi connectivity index (χ4v) is 3.24. The van der Waals surface area contributed by atoms with E-state index in [9.17, 15) is 9.59 Å². The smallest absolute Gasteiger partial charge is 0.338 e. The van der Waals surface area contributed by atoms with Gasteiger partial charge in [0, 0.05) is 35.1 Å². The third-order valence-electron chi connectivity index (χ3n) is 4.14. The Morgan fingerprint density at radius 3 is 2.36 bits per heavy atom. The minimum absolute atomic E-state index is 0.0152. The molecule has 0 spiro atoms. The standard InChI is InChI=1S/C19H17Cl2NO3/c20-16-3-1-4-17(21)15(16)12-25-19(24)14-8-6-13(7-9-14)11-22-10-2-5-18(22)23/h1,3-4,6-9H,2,5,10-12H2. The highest BCUT2D eigenvalue weighted by molar-refractivity contribution is 6.35. The van der Waals surface area contributed by atoms with Crippen molar-refractivity contribution in [1.82, 2.24) is 4.90 Å². The SMILES string of the molecule is O=C(OCc1c(Cl)cccc1Cl)c1ccc(CN2CCCC2=O)cc1. The van der Waals surface area contributed by atoms with Gasteiger partial charge in [-0.1, -0.05) is 41.4 Å². The first-order valence-corrected chi connectivity index (χ1v) is 8.77. The quantitative estimate of drug-likeness (QED) is 0.721. The molecule has 4 nitrogen and oxygen atoms in total. The van der Waals surface area contributed by atoms with E-state index >= 15 is 0 Å². The average molecular weight is 378 g/mol. The molecule has 25 heavy (non-hydrogen) atoms. The van der Waals surface area contributed by atoms with E-state index in [1.54, 1.807) is 30.3 Å². The molecule has 0 bridgehead atoms. The molecule has 0 aromatic heterocycles. The molecule has 130 valence electrons. The third kappa shape index (κ3) is 4.33. The molecule has 0 aliphatic carbocycles. The molecule has 1 aliphatic heterocycles. The highest BCUT2D eigenvalue weighted by Gasteiger charge is 2.20. The maximum absolute atomic E-state index is 12.2. The maximum Gasteiger partial charge on any atom is 0.338 e. The van der Waals surface area contributed by atoms with Gasteiger partial charge in [0.1, 0.15) is 6.61 Å². The molecule has 0 atom stereocenters. The molecule has 2 aromatic carbocycles. The number of benzene rings is 2. The topological polar surface area (TPSA) is 46.6 Å². The molecule has 0 radical (unpaired) electrons. The van der Waals surface area contributed by atoms with Crippen LogP contribution in [0.3, 0.4) is 0 Å². The van der Waals surface area contributed by atoms with Crippen LogP contribution in [-0.2, 0) is 22.7 Å². The van der Waals surface area contributed by atoms with Crippen LogP contribution in [0.25, 0.3) is 0 Å². The van der Waals surface area contributed by atoms with Crippen molar-refractivity contribution >= 4 is 35.1 Å². The summed E-state index contributed by atoms with van der Waals surface area (Å²) in [5.41, 5.74) is 2.02. The number of amides is 1. The molecule has 0 saturated carbocycles. The molecule has 1 saturated heterocycles. The molecular formula is C19H17Cl2NO3. The minimum atomic E-state index is -0.445. The van der Waals surface area contributed by atoms with Gasteiger partial charge >= 0.3 is 5.97 Å². The highest BCUT2D eigenvalue weighted by Crippen LogP contribution is 2.25. The first-order valence-electron chi connectivity index (χ1n) is 8.01. The zero-order valence-corrected chi connectivity index (χ0v) is 15.0. The summed E-state index contributed by atoms with van der Waals surface area (Å²) in [6.07, 6.45) is 1.53. The summed E-state index contributed by atoms with van der Waals surface area (Å²) in [4.78, 5) is 25.7. The van der Waals surface area contributed by atoms with Crippen molar-refractivity contribution < 1.29 is 14.3 Å². The van der Waals surface area contributed by atoms with Crippen LogP contribution in [0.15, 0.2) is 42.5 Å². The van der Waals surface area contributed by atoms with Crippen LogP contribution in [0, 0.1) is 0 Å². The number of nitrogens with zero attached hydrogens (tertiary/aromatic N) is 1. The molecule has 6 heteroatoms. The highest BCUT2D eigenvalue weighted by atomic mass is 35.5. The lowest BCUT2D eigenvalue weighted by Crippen LogP contribution is -2.23.